The first-order chi connectivity index (χ1) is 24.5. The predicted molar refractivity (Wildman–Crippen MR) is 189 cm³/mol. The molecule has 1 unspecified atom stereocenters. The smallest absolute Gasteiger partial charge is 0.333 e. The zero-order chi connectivity index (χ0) is 37.9. The summed E-state index contributed by atoms with van der Waals surface area (Å²) in [6.07, 6.45) is 1.91. The van der Waals surface area contributed by atoms with E-state index in [0.29, 0.717) is 37.7 Å². The first-order valence-electron chi connectivity index (χ1n) is 19.3. The van der Waals surface area contributed by atoms with Crippen LogP contribution in [-0.4, -0.2) is 114 Å². The van der Waals surface area contributed by atoms with E-state index < -0.39 is 78.4 Å². The maximum atomic E-state index is 13.2. The Bertz CT molecular complexity index is 1400. The number of aliphatic hydroxyl groups is 3. The molecule has 0 amide bonds. The van der Waals surface area contributed by atoms with Crippen molar-refractivity contribution in [3.63, 3.8) is 0 Å². The van der Waals surface area contributed by atoms with Crippen molar-refractivity contribution < 1.29 is 58.1 Å². The second-order valence-electron chi connectivity index (χ2n) is 16.9. The number of hydrogen-bond donors (Lipinski definition) is 3. The third-order valence-electron chi connectivity index (χ3n) is 14.4. The average Bonchev–Trinajstić information content (AvgIpc) is 3.40. The van der Waals surface area contributed by atoms with Crippen LogP contribution >= 0.6 is 0 Å². The Kier molecular flexibility index (Phi) is 11.6. The summed E-state index contributed by atoms with van der Waals surface area (Å²) in [6.45, 7) is 13.0. The fourth-order valence-electron chi connectivity index (χ4n) is 11.1. The minimum atomic E-state index is -1.20. The minimum Gasteiger partial charge on any atom is -0.458 e. The molecular weight excluding hydrogens is 672 g/mol. The number of methoxy groups -OCH3 is 2. The molecule has 2 aliphatic heterocycles. The number of carbonyl (C=O) groups is 2. The lowest BCUT2D eigenvalue weighted by Gasteiger charge is -2.63. The number of allylic oxidation sites excluding steroid dienone is 2. The van der Waals surface area contributed by atoms with Crippen LogP contribution in [0.4, 0.5) is 0 Å². The number of ether oxygens (including phenoxy) is 7. The summed E-state index contributed by atoms with van der Waals surface area (Å²) in [4.78, 5) is 26.2. The normalized spacial score (nSPS) is 49.3. The number of esters is 1. The molecule has 0 radical (unpaired) electrons. The van der Waals surface area contributed by atoms with Gasteiger partial charge in [-0.05, 0) is 96.8 Å². The summed E-state index contributed by atoms with van der Waals surface area (Å²) in [5.41, 5.74) is -0.419. The van der Waals surface area contributed by atoms with Crippen LogP contribution < -0.4 is 0 Å². The van der Waals surface area contributed by atoms with E-state index in [1.165, 1.54) is 12.7 Å². The number of Topliss-reactive ketones (excluding diaryl/α,β-unsaturated/α-hetero) is 1. The molecule has 0 bridgehead atoms. The summed E-state index contributed by atoms with van der Waals surface area (Å²) in [6, 6.07) is 0. The summed E-state index contributed by atoms with van der Waals surface area (Å²) in [5, 5.41) is 33.9. The number of aliphatic hydroxyl groups excluding tert-OH is 2. The highest BCUT2D eigenvalue weighted by atomic mass is 16.7. The molecule has 0 aromatic heterocycles. The van der Waals surface area contributed by atoms with E-state index in [4.69, 9.17) is 33.2 Å². The molecule has 12 nitrogen and oxygen atoms in total. The van der Waals surface area contributed by atoms with Crippen LogP contribution in [0.15, 0.2) is 23.3 Å². The molecule has 12 heteroatoms. The molecule has 5 fully saturated rings. The van der Waals surface area contributed by atoms with Crippen molar-refractivity contribution in [1.29, 1.82) is 0 Å². The van der Waals surface area contributed by atoms with Gasteiger partial charge in [-0.3, -0.25) is 4.79 Å². The minimum absolute atomic E-state index is 0.0403. The molecule has 3 N–H and O–H groups in total. The maximum Gasteiger partial charge on any atom is 0.333 e. The van der Waals surface area contributed by atoms with Crippen molar-refractivity contribution >= 4 is 11.8 Å². The highest BCUT2D eigenvalue weighted by molar-refractivity contribution is 5.88. The first kappa shape index (κ1) is 39.9. The van der Waals surface area contributed by atoms with Crippen LogP contribution in [0.25, 0.3) is 0 Å². The summed E-state index contributed by atoms with van der Waals surface area (Å²) in [5.74, 6) is -0.705. The SMILES string of the molecule is C/C=C(\C)C(=O)O[C@@H]1C[C@H]2[C@@H](CC=C3CC(O[C@H]4C[C@H](OC)[C@H](O[C@@H]5O[C@H](C)[C@@H](O)[C@H](OC)[C@H]5O)[C@@H](C)O4)CC[C@@]32C)[C@@]2(O)CC[C@H](C(C)=O)[C@@]12C. The second kappa shape index (κ2) is 15.1. The van der Waals surface area contributed by atoms with Gasteiger partial charge < -0.3 is 48.5 Å². The van der Waals surface area contributed by atoms with Crippen molar-refractivity contribution in [2.24, 2.45) is 28.6 Å². The molecule has 2 heterocycles. The molecule has 0 spiro atoms. The number of rotatable bonds is 9. The van der Waals surface area contributed by atoms with E-state index in [9.17, 15) is 24.9 Å². The number of ketones is 1. The summed E-state index contributed by atoms with van der Waals surface area (Å²) < 4.78 is 42.6. The molecule has 4 aliphatic carbocycles. The molecule has 2 saturated heterocycles. The molecule has 17 atom stereocenters. The standard InChI is InChI=1S/C40H62O12/c1-10-20(2)36(44)51-30-18-28-27(40(45)16-14-26(21(3)41)39(30,40)7)12-11-24-17-25(13-15-38(24,28)6)50-31-19-29(46-8)34(23(5)48-31)52-37-33(43)35(47-9)32(42)22(4)49-37/h10-11,22-23,25-35,37,42-43,45H,12-19H2,1-9H3/b20-10+/t22-,23-,25?,26-,27-,28+,29+,30-,31+,32-,33-,34-,35+,37+,38+,39+,40+/m1/s1. The Morgan fingerprint density at radius 3 is 2.31 bits per heavy atom. The number of hydrogen-bond acceptors (Lipinski definition) is 12. The van der Waals surface area contributed by atoms with Crippen molar-refractivity contribution in [3.05, 3.63) is 23.3 Å². The van der Waals surface area contributed by atoms with Crippen molar-refractivity contribution in [2.45, 2.75) is 173 Å². The molecular formula is C40H62O12. The van der Waals surface area contributed by atoms with Gasteiger partial charge in [0, 0.05) is 37.5 Å². The highest BCUT2D eigenvalue weighted by Gasteiger charge is 2.71. The molecule has 294 valence electrons. The Morgan fingerprint density at radius 1 is 0.923 bits per heavy atom. The molecule has 6 aliphatic rings. The fourth-order valence-corrected chi connectivity index (χ4v) is 11.1. The topological polar surface area (TPSA) is 159 Å². The van der Waals surface area contributed by atoms with E-state index in [0.717, 1.165) is 19.3 Å². The van der Waals surface area contributed by atoms with E-state index >= 15 is 0 Å². The van der Waals surface area contributed by atoms with Gasteiger partial charge in [-0.15, -0.1) is 0 Å². The van der Waals surface area contributed by atoms with Gasteiger partial charge in [0.25, 0.3) is 0 Å². The molecule has 0 aromatic rings. The van der Waals surface area contributed by atoms with Gasteiger partial charge in [0.1, 0.15) is 36.3 Å². The van der Waals surface area contributed by atoms with E-state index in [1.54, 1.807) is 34.0 Å². The van der Waals surface area contributed by atoms with Crippen molar-refractivity contribution in [2.75, 3.05) is 14.2 Å². The molecule has 52 heavy (non-hydrogen) atoms. The van der Waals surface area contributed by atoms with Gasteiger partial charge >= 0.3 is 5.97 Å². The van der Waals surface area contributed by atoms with Gasteiger partial charge in [-0.1, -0.05) is 31.6 Å². The van der Waals surface area contributed by atoms with Crippen LogP contribution in [0, 0.1) is 28.6 Å². The lowest BCUT2D eigenvalue weighted by atomic mass is 9.45. The zero-order valence-electron chi connectivity index (χ0n) is 32.4. The van der Waals surface area contributed by atoms with Gasteiger partial charge in [0.15, 0.2) is 12.6 Å². The second-order valence-corrected chi connectivity index (χ2v) is 16.9. The first-order valence-corrected chi connectivity index (χ1v) is 19.3. The van der Waals surface area contributed by atoms with E-state index in [1.807, 2.05) is 20.8 Å². The van der Waals surface area contributed by atoms with Crippen LogP contribution in [-0.2, 0) is 42.7 Å². The largest absolute Gasteiger partial charge is 0.458 e. The van der Waals surface area contributed by atoms with Crippen LogP contribution in [0.2, 0.25) is 0 Å². The lowest BCUT2D eigenvalue weighted by molar-refractivity contribution is -0.342. The maximum absolute atomic E-state index is 13.2. The van der Waals surface area contributed by atoms with Gasteiger partial charge in [-0.25, -0.2) is 4.79 Å². The zero-order valence-corrected chi connectivity index (χ0v) is 32.4. The van der Waals surface area contributed by atoms with E-state index in [-0.39, 0.29) is 35.1 Å². The predicted octanol–water partition coefficient (Wildman–Crippen LogP) is 4.16. The van der Waals surface area contributed by atoms with Gasteiger partial charge in [0.2, 0.25) is 0 Å². The highest BCUT2D eigenvalue weighted by Crippen LogP contribution is 2.68. The lowest BCUT2D eigenvalue weighted by Crippen LogP contribution is -2.66. The Hall–Kier alpha value is -1.74. The number of carbonyl (C=O) groups excluding carboxylic acids is 2. The van der Waals surface area contributed by atoms with Crippen LogP contribution in [0.5, 0.6) is 0 Å². The third kappa shape index (κ3) is 6.55. The molecule has 3 saturated carbocycles. The number of fused-ring (bicyclic) bond motifs is 5. The van der Waals surface area contributed by atoms with Crippen LogP contribution in [0.1, 0.15) is 99.8 Å². The third-order valence-corrected chi connectivity index (χ3v) is 14.4. The summed E-state index contributed by atoms with van der Waals surface area (Å²) in [7, 11) is 3.05. The Balaban J connectivity index is 1.15. The Labute approximate surface area is 308 Å². The van der Waals surface area contributed by atoms with Crippen molar-refractivity contribution in [3.8, 4) is 0 Å². The van der Waals surface area contributed by atoms with Gasteiger partial charge in [-0.2, -0.15) is 0 Å². The van der Waals surface area contributed by atoms with Crippen molar-refractivity contribution in [1.82, 2.24) is 0 Å². The van der Waals surface area contributed by atoms with E-state index in [2.05, 4.69) is 13.0 Å². The monoisotopic (exact) mass is 734 g/mol. The van der Waals surface area contributed by atoms with Gasteiger partial charge in [0.05, 0.1) is 30.0 Å². The quantitative estimate of drug-likeness (QED) is 0.177. The molecule has 6 rings (SSSR count). The fraction of sp³-hybridized carbons (Fsp3) is 0.850. The van der Waals surface area contributed by atoms with Crippen LogP contribution in [0.3, 0.4) is 0 Å². The Morgan fingerprint density at radius 2 is 1.65 bits per heavy atom. The average molecular weight is 735 g/mol. The summed E-state index contributed by atoms with van der Waals surface area (Å²) >= 11 is 0. The molecule has 0 aromatic carbocycles.